The van der Waals surface area contributed by atoms with Gasteiger partial charge in [-0.25, -0.2) is 0 Å². The Morgan fingerprint density at radius 3 is 2.13 bits per heavy atom. The number of likely N-dealkylation sites (N-methyl/N-ethyl adjacent to an activating group) is 1. The second-order valence-corrected chi connectivity index (χ2v) is 5.52. The van der Waals surface area contributed by atoms with Crippen molar-refractivity contribution in [3.05, 3.63) is 0 Å². The third kappa shape index (κ3) is 6.13. The summed E-state index contributed by atoms with van der Waals surface area (Å²) < 4.78 is 5.54. The predicted molar refractivity (Wildman–Crippen MR) is 66.0 cm³/mol. The van der Waals surface area contributed by atoms with Crippen molar-refractivity contribution in [2.24, 2.45) is 11.1 Å². The largest absolute Gasteiger partial charge is 0.377 e. The van der Waals surface area contributed by atoms with Gasteiger partial charge in [-0.3, -0.25) is 4.90 Å². The van der Waals surface area contributed by atoms with Crippen LogP contribution in [0.3, 0.4) is 0 Å². The molecule has 0 spiro atoms. The van der Waals surface area contributed by atoms with E-state index in [1.54, 1.807) is 0 Å². The molecule has 2 N–H and O–H groups in total. The van der Waals surface area contributed by atoms with E-state index in [1.807, 2.05) is 0 Å². The van der Waals surface area contributed by atoms with E-state index in [-0.39, 0.29) is 5.41 Å². The number of hydrogen-bond acceptors (Lipinski definition) is 3. The summed E-state index contributed by atoms with van der Waals surface area (Å²) in [6.07, 6.45) is 0.310. The highest BCUT2D eigenvalue weighted by atomic mass is 16.5. The zero-order valence-electron chi connectivity index (χ0n) is 11.2. The average molecular weight is 216 g/mol. The van der Waals surface area contributed by atoms with Crippen molar-refractivity contribution in [3.8, 4) is 0 Å². The van der Waals surface area contributed by atoms with Crippen LogP contribution >= 0.6 is 0 Å². The molecule has 0 aliphatic heterocycles. The van der Waals surface area contributed by atoms with E-state index in [0.29, 0.717) is 18.7 Å². The van der Waals surface area contributed by atoms with E-state index in [1.165, 1.54) is 0 Å². The molecule has 3 heteroatoms. The van der Waals surface area contributed by atoms with Gasteiger partial charge in [-0.2, -0.15) is 0 Å². The van der Waals surface area contributed by atoms with Gasteiger partial charge in [0.1, 0.15) is 0 Å². The lowest BCUT2D eigenvalue weighted by Gasteiger charge is -2.37. The summed E-state index contributed by atoms with van der Waals surface area (Å²) in [6, 6.07) is 0.410. The minimum Gasteiger partial charge on any atom is -0.377 e. The van der Waals surface area contributed by atoms with Crippen LogP contribution in [0.4, 0.5) is 0 Å². The molecule has 0 radical (unpaired) electrons. The Labute approximate surface area is 95.0 Å². The molecular formula is C12H28N2O. The van der Waals surface area contributed by atoms with Gasteiger partial charge in [0.2, 0.25) is 0 Å². The fraction of sp³-hybridized carbons (Fsp3) is 1.00. The van der Waals surface area contributed by atoms with E-state index >= 15 is 0 Å². The minimum atomic E-state index is 0.224. The van der Waals surface area contributed by atoms with Crippen LogP contribution < -0.4 is 5.73 Å². The minimum absolute atomic E-state index is 0.224. The second-order valence-electron chi connectivity index (χ2n) is 5.52. The first-order valence-corrected chi connectivity index (χ1v) is 5.81. The summed E-state index contributed by atoms with van der Waals surface area (Å²) in [5, 5.41) is 0. The molecule has 0 heterocycles. The molecule has 92 valence electrons. The van der Waals surface area contributed by atoms with Crippen molar-refractivity contribution in [1.82, 2.24) is 4.90 Å². The van der Waals surface area contributed by atoms with Crippen molar-refractivity contribution < 1.29 is 4.74 Å². The molecule has 0 rings (SSSR count). The zero-order valence-corrected chi connectivity index (χ0v) is 11.2. The van der Waals surface area contributed by atoms with Gasteiger partial charge >= 0.3 is 0 Å². The molecule has 1 atom stereocenters. The molecule has 0 aromatic carbocycles. The number of rotatable bonds is 6. The first-order valence-electron chi connectivity index (χ1n) is 5.81. The van der Waals surface area contributed by atoms with Gasteiger partial charge in [0, 0.05) is 19.1 Å². The highest BCUT2D eigenvalue weighted by molar-refractivity contribution is 4.82. The molecule has 0 amide bonds. The van der Waals surface area contributed by atoms with Gasteiger partial charge in [0.05, 0.1) is 12.7 Å². The summed E-state index contributed by atoms with van der Waals surface area (Å²) >= 11 is 0. The van der Waals surface area contributed by atoms with Crippen molar-refractivity contribution in [2.75, 3.05) is 26.7 Å². The Balaban J connectivity index is 4.00. The fourth-order valence-corrected chi connectivity index (χ4v) is 1.78. The first kappa shape index (κ1) is 14.9. The molecule has 0 fully saturated rings. The van der Waals surface area contributed by atoms with Crippen LogP contribution in [0.15, 0.2) is 0 Å². The lowest BCUT2D eigenvalue weighted by molar-refractivity contribution is 0.0414. The Hall–Kier alpha value is -0.120. The smallest absolute Gasteiger partial charge is 0.0596 e. The van der Waals surface area contributed by atoms with Crippen LogP contribution in [0.1, 0.15) is 34.6 Å². The fourth-order valence-electron chi connectivity index (χ4n) is 1.78. The molecule has 0 bridgehead atoms. The van der Waals surface area contributed by atoms with Gasteiger partial charge in [-0.15, -0.1) is 0 Å². The van der Waals surface area contributed by atoms with Crippen LogP contribution in [0.5, 0.6) is 0 Å². The van der Waals surface area contributed by atoms with E-state index in [0.717, 1.165) is 13.2 Å². The van der Waals surface area contributed by atoms with Gasteiger partial charge in [0.15, 0.2) is 0 Å². The topological polar surface area (TPSA) is 38.5 Å². The summed E-state index contributed by atoms with van der Waals surface area (Å²) in [5.41, 5.74) is 6.03. The molecule has 0 saturated carbocycles. The lowest BCUT2D eigenvalue weighted by atomic mass is 9.86. The van der Waals surface area contributed by atoms with Crippen molar-refractivity contribution in [1.29, 1.82) is 0 Å². The molecule has 0 aromatic heterocycles. The second kappa shape index (κ2) is 6.46. The number of nitrogens with zero attached hydrogens (tertiary/aromatic N) is 1. The van der Waals surface area contributed by atoms with Gasteiger partial charge < -0.3 is 10.5 Å². The SMILES string of the molecule is CC(C)OCCN(C)C(CN)C(C)(C)C. The molecule has 3 nitrogen and oxygen atoms in total. The van der Waals surface area contributed by atoms with Crippen LogP contribution in [-0.2, 0) is 4.74 Å². The van der Waals surface area contributed by atoms with E-state index in [4.69, 9.17) is 10.5 Å². The molecule has 0 aromatic rings. The van der Waals surface area contributed by atoms with Crippen LogP contribution in [0, 0.1) is 5.41 Å². The maximum atomic E-state index is 5.81. The van der Waals surface area contributed by atoms with Crippen LogP contribution in [0.2, 0.25) is 0 Å². The quantitative estimate of drug-likeness (QED) is 0.734. The Bertz CT molecular complexity index is 163. The van der Waals surface area contributed by atoms with Crippen LogP contribution in [-0.4, -0.2) is 43.8 Å². The summed E-state index contributed by atoms with van der Waals surface area (Å²) in [6.45, 7) is 13.2. The molecule has 1 unspecified atom stereocenters. The third-order valence-corrected chi connectivity index (χ3v) is 2.65. The van der Waals surface area contributed by atoms with Gasteiger partial charge in [-0.05, 0) is 26.3 Å². The highest BCUT2D eigenvalue weighted by Gasteiger charge is 2.26. The Morgan fingerprint density at radius 1 is 1.27 bits per heavy atom. The van der Waals surface area contributed by atoms with Gasteiger partial charge in [-0.1, -0.05) is 20.8 Å². The maximum absolute atomic E-state index is 5.81. The monoisotopic (exact) mass is 216 g/mol. The molecule has 15 heavy (non-hydrogen) atoms. The standard InChI is InChI=1S/C12H28N2O/c1-10(2)15-8-7-14(6)11(9-13)12(3,4)5/h10-11H,7-9,13H2,1-6H3. The summed E-state index contributed by atoms with van der Waals surface area (Å²) in [4.78, 5) is 2.29. The molecule has 0 aliphatic rings. The predicted octanol–water partition coefficient (Wildman–Crippen LogP) is 1.72. The van der Waals surface area contributed by atoms with E-state index in [2.05, 4.69) is 46.6 Å². The maximum Gasteiger partial charge on any atom is 0.0596 e. The summed E-state index contributed by atoms with van der Waals surface area (Å²) in [7, 11) is 2.12. The highest BCUT2D eigenvalue weighted by Crippen LogP contribution is 2.22. The zero-order chi connectivity index (χ0) is 12.1. The number of ether oxygens (including phenoxy) is 1. The van der Waals surface area contributed by atoms with Gasteiger partial charge in [0.25, 0.3) is 0 Å². The summed E-state index contributed by atoms with van der Waals surface area (Å²) in [5.74, 6) is 0. The van der Waals surface area contributed by atoms with E-state index in [9.17, 15) is 0 Å². The molecular weight excluding hydrogens is 188 g/mol. The number of nitrogens with two attached hydrogens (primary N) is 1. The van der Waals surface area contributed by atoms with Crippen molar-refractivity contribution in [3.63, 3.8) is 0 Å². The molecule has 0 saturated heterocycles. The number of hydrogen-bond donors (Lipinski definition) is 1. The average Bonchev–Trinajstić information content (AvgIpc) is 2.01. The normalized spacial score (nSPS) is 15.0. The third-order valence-electron chi connectivity index (χ3n) is 2.65. The van der Waals surface area contributed by atoms with Crippen molar-refractivity contribution >= 4 is 0 Å². The Morgan fingerprint density at radius 2 is 1.80 bits per heavy atom. The lowest BCUT2D eigenvalue weighted by Crippen LogP contribution is -2.47. The Kier molecular flexibility index (Phi) is 6.41. The first-order chi connectivity index (χ1) is 6.79. The van der Waals surface area contributed by atoms with Crippen LogP contribution in [0.25, 0.3) is 0 Å². The van der Waals surface area contributed by atoms with E-state index < -0.39 is 0 Å². The van der Waals surface area contributed by atoms with Crippen molar-refractivity contribution in [2.45, 2.75) is 46.8 Å². The molecule has 0 aliphatic carbocycles.